The minimum atomic E-state index is -0.0172. The van der Waals surface area contributed by atoms with Crippen LogP contribution in [-0.2, 0) is 0 Å². The number of carbonyl (C=O) groups is 1. The summed E-state index contributed by atoms with van der Waals surface area (Å²) in [6, 6.07) is 16.0. The molecule has 2 aromatic heterocycles. The van der Waals surface area contributed by atoms with Crippen molar-refractivity contribution in [3.8, 4) is 16.9 Å². The predicted molar refractivity (Wildman–Crippen MR) is 136 cm³/mol. The summed E-state index contributed by atoms with van der Waals surface area (Å²) < 4.78 is 6.51. The fourth-order valence-electron chi connectivity index (χ4n) is 4.58. The second-order valence-corrected chi connectivity index (χ2v) is 9.86. The maximum atomic E-state index is 13.4. The summed E-state index contributed by atoms with van der Waals surface area (Å²) >= 11 is 1.54. The fraction of sp³-hybridized carbons (Fsp3) is 0.333. The highest BCUT2D eigenvalue weighted by Crippen LogP contribution is 2.42. The van der Waals surface area contributed by atoms with E-state index in [1.807, 2.05) is 42.6 Å². The van der Waals surface area contributed by atoms with Gasteiger partial charge in [-0.2, -0.15) is 0 Å². The lowest BCUT2D eigenvalue weighted by Gasteiger charge is -2.30. The third-order valence-corrected chi connectivity index (χ3v) is 7.82. The first-order valence-corrected chi connectivity index (χ1v) is 12.4. The van der Waals surface area contributed by atoms with Crippen molar-refractivity contribution in [2.75, 3.05) is 33.3 Å². The fourth-order valence-corrected chi connectivity index (χ4v) is 5.82. The number of amides is 1. The highest BCUT2D eigenvalue weighted by atomic mass is 32.1. The molecule has 2 aromatic carbocycles. The van der Waals surface area contributed by atoms with Crippen LogP contribution < -0.4 is 10.1 Å². The van der Waals surface area contributed by atoms with Gasteiger partial charge < -0.3 is 15.0 Å². The number of methoxy groups -OCH3 is 1. The lowest BCUT2D eigenvalue weighted by Crippen LogP contribution is -2.39. The van der Waals surface area contributed by atoms with E-state index in [2.05, 4.69) is 34.3 Å². The Hall–Kier alpha value is -2.96. The Bertz CT molecular complexity index is 1280. The van der Waals surface area contributed by atoms with E-state index in [1.165, 1.54) is 12.8 Å². The molecule has 5 rings (SSSR count). The van der Waals surface area contributed by atoms with E-state index < -0.39 is 0 Å². The summed E-state index contributed by atoms with van der Waals surface area (Å²) in [5, 5.41) is 5.20. The molecular weight excluding hydrogens is 430 g/mol. The highest BCUT2D eigenvalue weighted by Gasteiger charge is 2.22. The Morgan fingerprint density at radius 2 is 1.94 bits per heavy atom. The van der Waals surface area contributed by atoms with Crippen molar-refractivity contribution in [2.45, 2.75) is 19.8 Å². The van der Waals surface area contributed by atoms with Crippen LogP contribution in [0.1, 0.15) is 29.4 Å². The molecule has 0 spiro atoms. The zero-order chi connectivity index (χ0) is 22.8. The van der Waals surface area contributed by atoms with Crippen LogP contribution in [0.15, 0.2) is 54.7 Å². The number of rotatable bonds is 6. The smallest absolute Gasteiger partial charge is 0.262 e. The maximum Gasteiger partial charge on any atom is 0.262 e. The lowest BCUT2D eigenvalue weighted by molar-refractivity contribution is 0.0949. The van der Waals surface area contributed by atoms with Crippen LogP contribution in [-0.4, -0.2) is 49.1 Å². The number of fused-ring (bicyclic) bond motifs is 3. The van der Waals surface area contributed by atoms with Gasteiger partial charge in [-0.25, -0.2) is 0 Å². The molecule has 0 unspecified atom stereocenters. The number of nitrogens with one attached hydrogen (secondary N) is 1. The van der Waals surface area contributed by atoms with Crippen LogP contribution in [0.25, 0.3) is 32.1 Å². The molecule has 3 heterocycles. The maximum absolute atomic E-state index is 13.4. The Kier molecular flexibility index (Phi) is 6.29. The van der Waals surface area contributed by atoms with Crippen molar-refractivity contribution >= 4 is 38.2 Å². The van der Waals surface area contributed by atoms with Crippen molar-refractivity contribution in [1.29, 1.82) is 0 Å². The zero-order valence-corrected chi connectivity index (χ0v) is 20.0. The Balaban J connectivity index is 1.50. The van der Waals surface area contributed by atoms with E-state index in [0.717, 1.165) is 68.3 Å². The third-order valence-electron chi connectivity index (χ3n) is 6.58. The topological polar surface area (TPSA) is 54.5 Å². The first-order chi connectivity index (χ1) is 16.1. The molecule has 0 aliphatic carbocycles. The molecule has 1 saturated heterocycles. The van der Waals surface area contributed by atoms with Gasteiger partial charge >= 0.3 is 0 Å². The average molecular weight is 460 g/mol. The van der Waals surface area contributed by atoms with Gasteiger partial charge in [-0.15, -0.1) is 11.3 Å². The molecule has 170 valence electrons. The Morgan fingerprint density at radius 1 is 1.15 bits per heavy atom. The van der Waals surface area contributed by atoms with Gasteiger partial charge in [0.2, 0.25) is 0 Å². The van der Waals surface area contributed by atoms with E-state index in [-0.39, 0.29) is 5.91 Å². The van der Waals surface area contributed by atoms with Crippen LogP contribution in [0.2, 0.25) is 0 Å². The molecule has 1 fully saturated rings. The van der Waals surface area contributed by atoms with E-state index in [1.54, 1.807) is 18.4 Å². The quantitative estimate of drug-likeness (QED) is 0.409. The number of hydrogen-bond acceptors (Lipinski definition) is 5. The highest BCUT2D eigenvalue weighted by molar-refractivity contribution is 7.22. The number of piperidine rings is 1. The summed E-state index contributed by atoms with van der Waals surface area (Å²) in [7, 11) is 1.67. The molecule has 0 atom stereocenters. The zero-order valence-electron chi connectivity index (χ0n) is 19.1. The van der Waals surface area contributed by atoms with E-state index in [9.17, 15) is 4.79 Å². The number of nitrogens with zero attached hydrogens (tertiary/aromatic N) is 2. The van der Waals surface area contributed by atoms with Crippen molar-refractivity contribution < 1.29 is 9.53 Å². The monoisotopic (exact) mass is 459 g/mol. The first kappa shape index (κ1) is 21.9. The van der Waals surface area contributed by atoms with Gasteiger partial charge in [-0.05, 0) is 55.6 Å². The van der Waals surface area contributed by atoms with Crippen molar-refractivity contribution in [3.05, 3.63) is 59.6 Å². The molecule has 5 nitrogen and oxygen atoms in total. The van der Waals surface area contributed by atoms with Gasteiger partial charge in [0, 0.05) is 40.3 Å². The number of aromatic nitrogens is 1. The second kappa shape index (κ2) is 9.49. The summed E-state index contributed by atoms with van der Waals surface area (Å²) in [4.78, 5) is 21.3. The standard InChI is InChI=1S/C27H29N3O2S/c1-18-10-13-30(14-11-18)15-12-28-27(31)26-24(19-6-4-3-5-7-19)22-17-29-23-9-8-20(32-2)16-21(23)25(22)33-26/h3-9,16-18H,10-15H2,1-2H3,(H,28,31). The normalized spacial score (nSPS) is 15.2. The summed E-state index contributed by atoms with van der Waals surface area (Å²) in [6.45, 7) is 6.11. The van der Waals surface area contributed by atoms with Crippen molar-refractivity contribution in [3.63, 3.8) is 0 Å². The second-order valence-electron chi connectivity index (χ2n) is 8.84. The van der Waals surface area contributed by atoms with Crippen molar-refractivity contribution in [2.24, 2.45) is 5.92 Å². The molecule has 1 N–H and O–H groups in total. The number of hydrogen-bond donors (Lipinski definition) is 1. The largest absolute Gasteiger partial charge is 0.497 e. The SMILES string of the molecule is COc1ccc2ncc3c(-c4ccccc4)c(C(=O)NCCN4CCC(C)CC4)sc3c2c1. The lowest BCUT2D eigenvalue weighted by atomic mass is 9.99. The van der Waals surface area contributed by atoms with Crippen LogP contribution in [0.4, 0.5) is 0 Å². The Morgan fingerprint density at radius 3 is 2.70 bits per heavy atom. The van der Waals surface area contributed by atoms with Gasteiger partial charge in [0.25, 0.3) is 5.91 Å². The molecule has 0 bridgehead atoms. The summed E-state index contributed by atoms with van der Waals surface area (Å²) in [6.07, 6.45) is 4.38. The average Bonchev–Trinajstić information content (AvgIpc) is 3.25. The predicted octanol–water partition coefficient (Wildman–Crippen LogP) is 5.59. The Labute approximate surface area is 198 Å². The molecule has 4 aromatic rings. The van der Waals surface area contributed by atoms with Gasteiger partial charge in [0.15, 0.2) is 0 Å². The van der Waals surface area contributed by atoms with Crippen LogP contribution in [0, 0.1) is 5.92 Å². The van der Waals surface area contributed by atoms with Crippen LogP contribution in [0.5, 0.6) is 5.75 Å². The number of carbonyl (C=O) groups excluding carboxylic acids is 1. The van der Waals surface area contributed by atoms with Crippen LogP contribution >= 0.6 is 11.3 Å². The molecular formula is C27H29N3O2S. The summed E-state index contributed by atoms with van der Waals surface area (Å²) in [5.74, 6) is 1.58. The number of likely N-dealkylation sites (tertiary alicyclic amines) is 1. The van der Waals surface area contributed by atoms with Gasteiger partial charge in [0.1, 0.15) is 10.6 Å². The summed E-state index contributed by atoms with van der Waals surface area (Å²) in [5.41, 5.74) is 2.88. The van der Waals surface area contributed by atoms with Crippen LogP contribution in [0.3, 0.4) is 0 Å². The van der Waals surface area contributed by atoms with E-state index in [0.29, 0.717) is 6.54 Å². The number of ether oxygens (including phenoxy) is 1. The number of benzene rings is 2. The number of thiophene rings is 1. The molecule has 6 heteroatoms. The minimum absolute atomic E-state index is 0.0172. The van der Waals surface area contributed by atoms with E-state index >= 15 is 0 Å². The molecule has 1 aliphatic heterocycles. The third kappa shape index (κ3) is 4.45. The number of pyridine rings is 1. The molecule has 1 aliphatic rings. The molecule has 1 amide bonds. The molecule has 0 saturated carbocycles. The molecule has 0 radical (unpaired) electrons. The first-order valence-electron chi connectivity index (χ1n) is 11.6. The van der Waals surface area contributed by atoms with Gasteiger partial charge in [-0.1, -0.05) is 37.3 Å². The van der Waals surface area contributed by atoms with Crippen molar-refractivity contribution in [1.82, 2.24) is 15.2 Å². The van der Waals surface area contributed by atoms with Gasteiger partial charge in [-0.3, -0.25) is 9.78 Å². The van der Waals surface area contributed by atoms with Gasteiger partial charge in [0.05, 0.1) is 12.6 Å². The molecule has 33 heavy (non-hydrogen) atoms. The minimum Gasteiger partial charge on any atom is -0.497 e. The van der Waals surface area contributed by atoms with E-state index in [4.69, 9.17) is 4.74 Å².